The summed E-state index contributed by atoms with van der Waals surface area (Å²) < 4.78 is 4.83. The first-order valence-electron chi connectivity index (χ1n) is 1.99. The van der Waals surface area contributed by atoms with Gasteiger partial charge in [-0.25, -0.2) is 0 Å². The molecule has 8 N–H and O–H groups in total. The topological polar surface area (TPSA) is 135 Å². The van der Waals surface area contributed by atoms with Crippen molar-refractivity contribution in [1.29, 1.82) is 0 Å². The zero-order valence-corrected chi connectivity index (χ0v) is 13.0. The summed E-state index contributed by atoms with van der Waals surface area (Å²) in [4.78, 5) is 0. The molecule has 0 aliphatic carbocycles. The number of hydrogen-bond acceptors (Lipinski definition) is 1. The van der Waals surface area contributed by atoms with E-state index in [-0.39, 0.29) is 95.4 Å². The van der Waals surface area contributed by atoms with Gasteiger partial charge in [0, 0.05) is 34.9 Å². The van der Waals surface area contributed by atoms with Crippen LogP contribution in [0, 0.1) is 0 Å². The van der Waals surface area contributed by atoms with Crippen LogP contribution in [-0.2, 0) is 26.5 Å². The third kappa shape index (κ3) is 73.6. The van der Waals surface area contributed by atoms with E-state index in [0.29, 0.717) is 0 Å². The van der Waals surface area contributed by atoms with Crippen LogP contribution in [0.1, 0.15) is 16.7 Å². The molecule has 0 aliphatic rings. The molecular formula is C4H20BaO5Ti. The molecule has 7 heteroatoms. The molecule has 0 saturated carbocycles. The maximum Gasteiger partial charge on any atom is 2.00 e. The smallest absolute Gasteiger partial charge is 1.00 e. The Kier molecular flexibility index (Phi) is 269. The molecule has 5 nitrogen and oxygen atoms in total. The summed E-state index contributed by atoms with van der Waals surface area (Å²) >= 11 is 0. The molecule has 0 saturated heterocycles. The van der Waals surface area contributed by atoms with Gasteiger partial charge in [-0.1, -0.05) is 0 Å². The molecule has 0 heterocycles. The van der Waals surface area contributed by atoms with Crippen molar-refractivity contribution < 1.29 is 51.2 Å². The van der Waals surface area contributed by atoms with Crippen molar-refractivity contribution in [2.45, 2.75) is 13.8 Å². The second-order valence-electron chi connectivity index (χ2n) is 0.781. The number of hydrogen-bond donors (Lipinski definition) is 0. The largest absolute Gasteiger partial charge is 2.00 e. The van der Waals surface area contributed by atoms with Crippen LogP contribution in [0.2, 0.25) is 0 Å². The molecule has 72 valence electrons. The van der Waals surface area contributed by atoms with E-state index >= 15 is 0 Å². The van der Waals surface area contributed by atoms with Crippen molar-refractivity contribution in [2.24, 2.45) is 0 Å². The molecular weight excluding hydrogens is 313 g/mol. The summed E-state index contributed by atoms with van der Waals surface area (Å²) in [6, 6.07) is 0. The summed E-state index contributed by atoms with van der Waals surface area (Å²) in [6.07, 6.45) is 0. The molecule has 0 radical (unpaired) electrons. The number of rotatable bonds is 2. The van der Waals surface area contributed by atoms with Gasteiger partial charge in [-0.15, -0.1) is 0 Å². The molecule has 0 fully saturated rings. The van der Waals surface area contributed by atoms with Gasteiger partial charge in [0.05, 0.1) is 0 Å². The Balaban J connectivity index is -0.00000000286. The van der Waals surface area contributed by atoms with Crippen molar-refractivity contribution in [1.82, 2.24) is 0 Å². The first-order chi connectivity index (χ1) is 2.41. The molecule has 0 bridgehead atoms. The monoisotopic (exact) mass is 334 g/mol. The van der Waals surface area contributed by atoms with Crippen LogP contribution >= 0.6 is 0 Å². The molecule has 0 unspecified atom stereocenters. The number of ether oxygens (including phenoxy) is 1. The van der Waals surface area contributed by atoms with Crippen LogP contribution in [0.3, 0.4) is 0 Å². The van der Waals surface area contributed by atoms with E-state index in [2.05, 4.69) is 0 Å². The third-order valence-corrected chi connectivity index (χ3v) is 0.408. The van der Waals surface area contributed by atoms with E-state index in [9.17, 15) is 0 Å². The average Bonchev–Trinajstić information content (AvgIpc) is 1.41. The Morgan fingerprint density at radius 1 is 0.909 bits per heavy atom. The first kappa shape index (κ1) is 51.6. The minimum atomic E-state index is 0. The maximum absolute atomic E-state index is 4.83. The van der Waals surface area contributed by atoms with Gasteiger partial charge >= 0.3 is 48.9 Å². The van der Waals surface area contributed by atoms with Crippen LogP contribution in [0.5, 0.6) is 0 Å². The molecule has 0 aromatic carbocycles. The van der Waals surface area contributed by atoms with Crippen LogP contribution < -0.4 is 0 Å². The molecule has 0 aromatic heterocycles. The van der Waals surface area contributed by atoms with Crippen LogP contribution in [0.15, 0.2) is 0 Å². The van der Waals surface area contributed by atoms with Crippen LogP contribution in [0.25, 0.3) is 0 Å². The van der Waals surface area contributed by atoms with E-state index in [1.54, 1.807) is 0 Å². The minimum absolute atomic E-state index is 0. The van der Waals surface area contributed by atoms with Crippen LogP contribution in [0.4, 0.5) is 0 Å². The Labute approximate surface area is 125 Å². The van der Waals surface area contributed by atoms with E-state index in [1.807, 2.05) is 13.8 Å². The van der Waals surface area contributed by atoms with Gasteiger partial charge in [0.2, 0.25) is 0 Å². The Bertz CT molecular complexity index is 34.0. The molecule has 0 aliphatic heterocycles. The maximum atomic E-state index is 4.83. The fraction of sp³-hybridized carbons (Fsp3) is 1.00. The predicted octanol–water partition coefficient (Wildman–Crippen LogP) is -2.41. The second kappa shape index (κ2) is 57.4. The van der Waals surface area contributed by atoms with Crippen molar-refractivity contribution in [3.8, 4) is 0 Å². The van der Waals surface area contributed by atoms with E-state index in [0.717, 1.165) is 13.2 Å². The summed E-state index contributed by atoms with van der Waals surface area (Å²) in [5.41, 5.74) is 0. The third-order valence-electron chi connectivity index (χ3n) is 0.408. The summed E-state index contributed by atoms with van der Waals surface area (Å²) in [5, 5.41) is 0. The Morgan fingerprint density at radius 2 is 1.09 bits per heavy atom. The SMILES string of the molecule is CCOCC.O.O.O.O.[Ba+2].[H-].[H-].[Ti]. The van der Waals surface area contributed by atoms with E-state index in [1.165, 1.54) is 0 Å². The van der Waals surface area contributed by atoms with Crippen molar-refractivity contribution >= 4 is 48.9 Å². The zero-order chi connectivity index (χ0) is 4.12. The summed E-state index contributed by atoms with van der Waals surface area (Å²) in [6.45, 7) is 5.67. The van der Waals surface area contributed by atoms with Gasteiger partial charge < -0.3 is 29.5 Å². The average molecular weight is 333 g/mol. The predicted molar refractivity (Wildman–Crippen MR) is 44.6 cm³/mol. The molecule has 11 heavy (non-hydrogen) atoms. The summed E-state index contributed by atoms with van der Waals surface area (Å²) in [7, 11) is 0. The first-order valence-corrected chi connectivity index (χ1v) is 1.99. The van der Waals surface area contributed by atoms with Crippen molar-refractivity contribution in [3.63, 3.8) is 0 Å². The Hall–Kier alpha value is 2.09. The van der Waals surface area contributed by atoms with Gasteiger partial charge in [-0.05, 0) is 13.8 Å². The molecule has 0 spiro atoms. The van der Waals surface area contributed by atoms with Gasteiger partial charge in [0.25, 0.3) is 0 Å². The second-order valence-corrected chi connectivity index (χ2v) is 0.781. The normalized spacial score (nSPS) is 3.82. The van der Waals surface area contributed by atoms with Gasteiger partial charge in [-0.3, -0.25) is 0 Å². The van der Waals surface area contributed by atoms with Gasteiger partial charge in [0.15, 0.2) is 0 Å². The van der Waals surface area contributed by atoms with E-state index < -0.39 is 0 Å². The zero-order valence-electron chi connectivity index (χ0n) is 9.03. The van der Waals surface area contributed by atoms with Gasteiger partial charge in [-0.2, -0.15) is 0 Å². The minimum Gasteiger partial charge on any atom is -1.00 e. The van der Waals surface area contributed by atoms with E-state index in [4.69, 9.17) is 4.74 Å². The molecule has 0 amide bonds. The van der Waals surface area contributed by atoms with Crippen LogP contribution in [-0.4, -0.2) is 84.0 Å². The van der Waals surface area contributed by atoms with Crippen molar-refractivity contribution in [3.05, 3.63) is 0 Å². The molecule has 0 aromatic rings. The standard InChI is InChI=1S/C4H10O.Ba.4H2O.Ti.2H/c1-3-5-4-2;;;;;;;;/h3-4H2,1-2H3;;4*1H2;;;/q;+2;;;;;;2*-1. The van der Waals surface area contributed by atoms with Gasteiger partial charge in [0.1, 0.15) is 0 Å². The molecule has 0 rings (SSSR count). The molecule has 0 atom stereocenters. The fourth-order valence-corrected chi connectivity index (χ4v) is 0.204. The quantitative estimate of drug-likeness (QED) is 0.511. The fourth-order valence-electron chi connectivity index (χ4n) is 0.204. The van der Waals surface area contributed by atoms with Crippen molar-refractivity contribution in [2.75, 3.05) is 13.2 Å². The summed E-state index contributed by atoms with van der Waals surface area (Å²) in [5.74, 6) is 0. The Morgan fingerprint density at radius 3 is 1.09 bits per heavy atom.